The van der Waals surface area contributed by atoms with Crippen molar-refractivity contribution >= 4 is 0 Å². The van der Waals surface area contributed by atoms with Crippen LogP contribution in [0.2, 0.25) is 0 Å². The van der Waals surface area contributed by atoms with E-state index in [-0.39, 0.29) is 0 Å². The van der Waals surface area contributed by atoms with E-state index in [1.54, 1.807) is 60.9 Å². The Balaban J connectivity index is 0.000000235. The van der Waals surface area contributed by atoms with Crippen molar-refractivity contribution in [3.05, 3.63) is 331 Å². The average Bonchev–Trinajstić information content (AvgIpc) is 0.778. The lowest BCUT2D eigenvalue weighted by molar-refractivity contribution is -0.138. The lowest BCUT2D eigenvalue weighted by atomic mass is 10.00. The molecule has 656 valence electrons. The van der Waals surface area contributed by atoms with Gasteiger partial charge < -0.3 is 0 Å². The molecule has 10 aromatic rings. The van der Waals surface area contributed by atoms with Gasteiger partial charge in [0, 0.05) is 18.0 Å². The molecule has 0 unspecified atom stereocenters. The molecule has 9 aromatic carbocycles. The van der Waals surface area contributed by atoms with Crippen LogP contribution >= 0.6 is 0 Å². The quantitative estimate of drug-likeness (QED) is 0.0282. The van der Waals surface area contributed by atoms with Crippen molar-refractivity contribution in [1.82, 2.24) is 9.97 Å². The van der Waals surface area contributed by atoms with Crippen LogP contribution in [-0.2, 0) is 114 Å². The van der Waals surface area contributed by atoms with E-state index in [1.165, 1.54) is 222 Å². The van der Waals surface area contributed by atoms with Crippen LogP contribution in [0, 0.1) is 0 Å². The highest BCUT2D eigenvalue weighted by Gasteiger charge is 2.33. The van der Waals surface area contributed by atoms with Gasteiger partial charge in [-0.05, 0) is 242 Å². The van der Waals surface area contributed by atoms with Gasteiger partial charge >= 0.3 is 30.9 Å². The molecular weight excluding hydrogens is 1560 g/mol. The van der Waals surface area contributed by atoms with Crippen molar-refractivity contribution in [2.24, 2.45) is 0 Å². The fourth-order valence-corrected chi connectivity index (χ4v) is 13.9. The first-order valence-electron chi connectivity index (χ1n) is 43.9. The number of hydrogen-bond donors (Lipinski definition) is 0. The van der Waals surface area contributed by atoms with Gasteiger partial charge in [-0.3, -0.25) is 0 Å². The number of rotatable bonds is 41. The van der Waals surface area contributed by atoms with Crippen LogP contribution in [-0.4, -0.2) is 9.97 Å². The van der Waals surface area contributed by atoms with E-state index in [2.05, 4.69) is 142 Å². The second-order valence-corrected chi connectivity index (χ2v) is 31.6. The van der Waals surface area contributed by atoms with Gasteiger partial charge in [0.25, 0.3) is 0 Å². The topological polar surface area (TPSA) is 25.8 Å². The molecule has 0 spiro atoms. The van der Waals surface area contributed by atoms with Gasteiger partial charge in [0.05, 0.1) is 27.8 Å². The van der Waals surface area contributed by atoms with Gasteiger partial charge in [-0.25, -0.2) is 9.97 Å². The molecule has 0 aliphatic carbocycles. The van der Waals surface area contributed by atoms with E-state index in [9.17, 15) is 65.9 Å². The Labute approximate surface area is 711 Å². The summed E-state index contributed by atoms with van der Waals surface area (Å²) in [6.07, 6.45) is 23.6. The molecule has 121 heavy (non-hydrogen) atoms. The number of nitrogens with zero attached hydrogens (tertiary/aromatic N) is 2. The molecule has 0 N–H and O–H groups in total. The Hall–Kier alpha value is -8.99. The molecular formula is C104H125F15N2. The maximum atomic E-state index is 12.6. The number of unbranched alkanes of at least 4 members (excludes halogenated alkanes) is 18. The Bertz CT molecular complexity index is 4320. The van der Waals surface area contributed by atoms with Crippen LogP contribution in [0.5, 0.6) is 0 Å². The molecule has 0 fully saturated rings. The van der Waals surface area contributed by atoms with Gasteiger partial charge in [0.1, 0.15) is 0 Å². The van der Waals surface area contributed by atoms with Crippen LogP contribution < -0.4 is 0 Å². The van der Waals surface area contributed by atoms with E-state index in [0.29, 0.717) is 11.4 Å². The summed E-state index contributed by atoms with van der Waals surface area (Å²) >= 11 is 0. The predicted octanol–water partition coefficient (Wildman–Crippen LogP) is 32.9. The first-order chi connectivity index (χ1) is 57.9. The van der Waals surface area contributed by atoms with Crippen molar-refractivity contribution in [3.8, 4) is 11.4 Å². The molecule has 0 saturated carbocycles. The summed E-state index contributed by atoms with van der Waals surface area (Å²) in [7, 11) is 0. The van der Waals surface area contributed by atoms with Crippen LogP contribution in [0.1, 0.15) is 282 Å². The number of aromatic nitrogens is 2. The minimum Gasteiger partial charge on any atom is -0.236 e. The third kappa shape index (κ3) is 41.6. The number of hydrogen-bond acceptors (Lipinski definition) is 2. The molecule has 0 aliphatic rings. The number of alkyl halides is 15. The molecule has 17 heteroatoms. The maximum Gasteiger partial charge on any atom is 0.416 e. The maximum absolute atomic E-state index is 12.6. The molecule has 0 saturated heterocycles. The van der Waals surface area contributed by atoms with Gasteiger partial charge in [-0.1, -0.05) is 314 Å². The summed E-state index contributed by atoms with van der Waals surface area (Å²) < 4.78 is 188. The van der Waals surface area contributed by atoms with Crippen LogP contribution in [0.15, 0.2) is 231 Å². The first-order valence-corrected chi connectivity index (χ1v) is 43.9. The lowest BCUT2D eigenvalue weighted by Crippen LogP contribution is -2.04. The summed E-state index contributed by atoms with van der Waals surface area (Å²) in [5, 5.41) is 0. The van der Waals surface area contributed by atoms with Crippen molar-refractivity contribution in [3.63, 3.8) is 0 Å². The van der Waals surface area contributed by atoms with Crippen LogP contribution in [0.25, 0.3) is 11.4 Å². The number of aryl methyl sites for hydroxylation is 13. The molecule has 0 atom stereocenters. The van der Waals surface area contributed by atoms with Crippen LogP contribution in [0.3, 0.4) is 0 Å². The van der Waals surface area contributed by atoms with E-state index < -0.39 is 58.7 Å². The fourth-order valence-electron chi connectivity index (χ4n) is 13.9. The third-order valence-electron chi connectivity index (χ3n) is 21.5. The summed E-state index contributed by atoms with van der Waals surface area (Å²) in [5.41, 5.74) is 12.8. The van der Waals surface area contributed by atoms with Crippen molar-refractivity contribution in [2.75, 3.05) is 0 Å². The third-order valence-corrected chi connectivity index (χ3v) is 21.5. The minimum atomic E-state index is -4.32. The van der Waals surface area contributed by atoms with Crippen molar-refractivity contribution in [2.45, 2.75) is 297 Å². The Morgan fingerprint density at radius 2 is 0.322 bits per heavy atom. The molecule has 2 nitrogen and oxygen atoms in total. The molecule has 0 aliphatic heterocycles. The van der Waals surface area contributed by atoms with E-state index >= 15 is 0 Å². The van der Waals surface area contributed by atoms with Crippen molar-refractivity contribution < 1.29 is 65.9 Å². The fraction of sp³-hybridized carbons (Fsp3) is 0.442. The molecule has 1 heterocycles. The first kappa shape index (κ1) is 101. The largest absolute Gasteiger partial charge is 0.416 e. The summed E-state index contributed by atoms with van der Waals surface area (Å²) in [5.74, 6) is 0.438. The molecule has 0 bridgehead atoms. The van der Waals surface area contributed by atoms with E-state index in [4.69, 9.17) is 0 Å². The number of halogens is 15. The summed E-state index contributed by atoms with van der Waals surface area (Å²) in [6.45, 7) is 11.0. The summed E-state index contributed by atoms with van der Waals surface area (Å²) in [6, 6.07) is 61.4. The normalized spacial score (nSPS) is 11.7. The number of benzene rings is 9. The zero-order valence-electron chi connectivity index (χ0n) is 71.5. The highest BCUT2D eigenvalue weighted by molar-refractivity contribution is 5.55. The van der Waals surface area contributed by atoms with Gasteiger partial charge in [0.2, 0.25) is 0 Å². The highest BCUT2D eigenvalue weighted by atomic mass is 19.4. The predicted molar refractivity (Wildman–Crippen MR) is 467 cm³/mol. The monoisotopic (exact) mass is 1690 g/mol. The average molecular weight is 1690 g/mol. The molecule has 0 radical (unpaired) electrons. The SMILES string of the molecule is CCCCCCCCCc1ccc(CCc2ccc(C(F)(F)F)cc2)cc1.CCCCCCCCc1ccc(CCc2ccc(C(F)(F)F)cc2)cc1.CCCCCCCc1ccc(CCc2ccc(C(F)(F)F)cc2)cc1.CCCCCCc1ccc(CCc2ccc(C(F)(F)F)cc2)cc1.CCCc1cnc(-c2ccc(C(F)(F)F)cc2)nc1. The Morgan fingerprint density at radius 1 is 0.165 bits per heavy atom. The van der Waals surface area contributed by atoms with Crippen molar-refractivity contribution in [1.29, 1.82) is 0 Å². The van der Waals surface area contributed by atoms with Gasteiger partial charge in [-0.15, -0.1) is 0 Å². The minimum absolute atomic E-state index is 0.438. The molecule has 1 aromatic heterocycles. The zero-order chi connectivity index (χ0) is 87.8. The molecule has 0 amide bonds. The van der Waals surface area contributed by atoms with E-state index in [0.717, 1.165) is 154 Å². The van der Waals surface area contributed by atoms with E-state index in [1.807, 2.05) is 0 Å². The Morgan fingerprint density at radius 3 is 0.504 bits per heavy atom. The standard InChI is InChI=1S/C24H31F3.C23H29F3.C22H27F3.C21H25F3.C14H13F3N2/c1-2-3-4-5-6-7-8-9-20-10-12-21(13-11-20)14-15-22-16-18-23(19-17-22)24(25,26)27;1-2-3-4-5-6-7-8-19-9-11-20(12-10-19)13-14-21-15-17-22(18-16-21)23(24,25)26;1-2-3-4-5-6-7-18-8-10-19(11-9-18)12-13-20-14-16-21(17-15-20)22(23,24)25;1-2-3-4-5-6-17-7-9-18(10-8-17)11-12-19-13-15-20(16-14-19)21(22,23)24;1-2-3-10-8-18-13(19-9-10)11-4-6-12(7-5-11)14(15,16)17/h10-13,16-19H,2-9,14-15H2,1H3;9-12,15-18H,2-8,13-14H2,1H3;8-11,14-17H,2-7,12-13H2,1H3;7-10,13-16H,2-6,11-12H2,1H3;4-9H,2-3H2,1H3. The van der Waals surface area contributed by atoms with Gasteiger partial charge in [-0.2, -0.15) is 65.9 Å². The molecule has 10 rings (SSSR count). The second kappa shape index (κ2) is 54.5. The Kier molecular flexibility index (Phi) is 45.4. The lowest BCUT2D eigenvalue weighted by Gasteiger charge is -2.08. The smallest absolute Gasteiger partial charge is 0.236 e. The second-order valence-electron chi connectivity index (χ2n) is 31.6. The highest BCUT2D eigenvalue weighted by Crippen LogP contribution is 2.35. The zero-order valence-corrected chi connectivity index (χ0v) is 71.5. The van der Waals surface area contributed by atoms with Crippen LogP contribution in [0.4, 0.5) is 65.9 Å². The summed E-state index contributed by atoms with van der Waals surface area (Å²) in [4.78, 5) is 8.33. The van der Waals surface area contributed by atoms with Gasteiger partial charge in [0.15, 0.2) is 5.82 Å².